The van der Waals surface area contributed by atoms with E-state index >= 15 is 0 Å². The van der Waals surface area contributed by atoms with E-state index in [1.54, 1.807) is 18.2 Å². The van der Waals surface area contributed by atoms with Crippen LogP contribution >= 0.6 is 0 Å². The molecule has 28 heavy (non-hydrogen) atoms. The second-order valence-electron chi connectivity index (χ2n) is 6.40. The molecule has 0 radical (unpaired) electrons. The summed E-state index contributed by atoms with van der Waals surface area (Å²) in [5.41, 5.74) is 0.697. The van der Waals surface area contributed by atoms with E-state index in [-0.39, 0.29) is 18.3 Å². The van der Waals surface area contributed by atoms with Gasteiger partial charge in [-0.3, -0.25) is 15.0 Å². The third kappa shape index (κ3) is 4.24. The van der Waals surface area contributed by atoms with Gasteiger partial charge < -0.3 is 24.8 Å². The van der Waals surface area contributed by atoms with Crippen LogP contribution in [-0.2, 0) is 4.74 Å². The van der Waals surface area contributed by atoms with Crippen LogP contribution in [0.2, 0.25) is 0 Å². The summed E-state index contributed by atoms with van der Waals surface area (Å²) in [5.74, 6) is 2.07. The first-order valence-corrected chi connectivity index (χ1v) is 9.05. The number of benzene rings is 1. The van der Waals surface area contributed by atoms with Crippen LogP contribution in [0, 0.1) is 10.1 Å². The minimum atomic E-state index is -0.436. The van der Waals surface area contributed by atoms with Gasteiger partial charge in [0.2, 0.25) is 12.6 Å². The Morgan fingerprint density at radius 2 is 1.96 bits per heavy atom. The Morgan fingerprint density at radius 1 is 1.14 bits per heavy atom. The van der Waals surface area contributed by atoms with E-state index in [9.17, 15) is 10.1 Å². The molecule has 148 valence electrons. The van der Waals surface area contributed by atoms with Gasteiger partial charge in [0.15, 0.2) is 11.5 Å². The zero-order chi connectivity index (χ0) is 19.3. The van der Waals surface area contributed by atoms with Crippen LogP contribution in [0.5, 0.6) is 11.5 Å². The molecular weight excluding hydrogens is 366 g/mol. The van der Waals surface area contributed by atoms with Crippen LogP contribution < -0.4 is 20.1 Å². The number of anilines is 3. The molecule has 0 atom stereocenters. The van der Waals surface area contributed by atoms with Crippen LogP contribution in [0.1, 0.15) is 0 Å². The fraction of sp³-hybridized carbons (Fsp3) is 0.389. The lowest BCUT2D eigenvalue weighted by Gasteiger charge is -2.26. The highest BCUT2D eigenvalue weighted by molar-refractivity contribution is 5.66. The van der Waals surface area contributed by atoms with Crippen molar-refractivity contribution in [2.24, 2.45) is 0 Å². The molecule has 0 saturated carbocycles. The second-order valence-corrected chi connectivity index (χ2v) is 6.40. The van der Waals surface area contributed by atoms with Gasteiger partial charge in [0.05, 0.1) is 18.1 Å². The van der Waals surface area contributed by atoms with E-state index in [1.807, 2.05) is 6.07 Å². The lowest BCUT2D eigenvalue weighted by Crippen LogP contribution is -2.39. The molecule has 1 fully saturated rings. The highest BCUT2D eigenvalue weighted by Gasteiger charge is 2.18. The molecule has 4 rings (SSSR count). The number of rotatable bonds is 7. The number of hydrogen-bond acceptors (Lipinski definition) is 9. The molecule has 0 amide bonds. The van der Waals surface area contributed by atoms with Crippen molar-refractivity contribution >= 4 is 23.0 Å². The van der Waals surface area contributed by atoms with Crippen molar-refractivity contribution in [2.75, 3.05) is 56.8 Å². The van der Waals surface area contributed by atoms with Crippen molar-refractivity contribution in [3.05, 3.63) is 40.4 Å². The summed E-state index contributed by atoms with van der Waals surface area (Å²) in [7, 11) is 0. The second kappa shape index (κ2) is 8.28. The molecule has 0 spiro atoms. The molecule has 3 heterocycles. The SMILES string of the molecule is O=[N+]([O-])c1ccc(Nc2ccc3c(c2)OCO3)nc1NCCN1CCOCC1. The standard InChI is InChI=1S/C18H21N5O5/c24-23(25)14-2-4-17(20-13-1-3-15-16(11-13)28-12-27-15)21-18(14)19-5-6-22-7-9-26-10-8-22/h1-4,11H,5-10,12H2,(H2,19,20,21). The fourth-order valence-corrected chi connectivity index (χ4v) is 3.08. The minimum absolute atomic E-state index is 0.0572. The Hall–Kier alpha value is -3.11. The first-order valence-electron chi connectivity index (χ1n) is 9.05. The van der Waals surface area contributed by atoms with Crippen LogP contribution in [0.4, 0.5) is 23.0 Å². The Bertz CT molecular complexity index is 856. The van der Waals surface area contributed by atoms with Gasteiger partial charge in [-0.05, 0) is 18.2 Å². The average molecular weight is 387 g/mol. The zero-order valence-electron chi connectivity index (χ0n) is 15.2. The van der Waals surface area contributed by atoms with Gasteiger partial charge in [-0.15, -0.1) is 0 Å². The molecule has 2 N–H and O–H groups in total. The molecule has 1 saturated heterocycles. The summed E-state index contributed by atoms with van der Waals surface area (Å²) in [6, 6.07) is 8.46. The topological polar surface area (TPSA) is 111 Å². The summed E-state index contributed by atoms with van der Waals surface area (Å²) in [6.45, 7) is 4.68. The van der Waals surface area contributed by atoms with Gasteiger partial charge in [-0.1, -0.05) is 0 Å². The van der Waals surface area contributed by atoms with Crippen LogP contribution in [0.3, 0.4) is 0 Å². The van der Waals surface area contributed by atoms with Crippen LogP contribution in [-0.4, -0.2) is 61.0 Å². The van der Waals surface area contributed by atoms with Crippen LogP contribution in [0.25, 0.3) is 0 Å². The van der Waals surface area contributed by atoms with Gasteiger partial charge in [0.25, 0.3) is 0 Å². The smallest absolute Gasteiger partial charge is 0.311 e. The number of hydrogen-bond donors (Lipinski definition) is 2. The summed E-state index contributed by atoms with van der Waals surface area (Å²) >= 11 is 0. The Labute approximate surface area is 161 Å². The maximum Gasteiger partial charge on any atom is 0.311 e. The number of nitrogens with zero attached hydrogens (tertiary/aromatic N) is 3. The molecule has 2 aromatic rings. The molecule has 2 aliphatic rings. The molecule has 1 aromatic heterocycles. The summed E-state index contributed by atoms with van der Waals surface area (Å²) in [6.07, 6.45) is 0. The quantitative estimate of drug-likeness (QED) is 0.545. The van der Waals surface area contributed by atoms with Gasteiger partial charge in [-0.2, -0.15) is 0 Å². The lowest BCUT2D eigenvalue weighted by molar-refractivity contribution is -0.384. The van der Waals surface area contributed by atoms with Crippen molar-refractivity contribution in [1.82, 2.24) is 9.88 Å². The number of nitrogens with one attached hydrogen (secondary N) is 2. The number of ether oxygens (including phenoxy) is 3. The van der Waals surface area contributed by atoms with Gasteiger partial charge in [0.1, 0.15) is 5.82 Å². The van der Waals surface area contributed by atoms with Crippen molar-refractivity contribution in [3.8, 4) is 11.5 Å². The highest BCUT2D eigenvalue weighted by Crippen LogP contribution is 2.35. The average Bonchev–Trinajstić information content (AvgIpc) is 3.17. The number of aromatic nitrogens is 1. The fourth-order valence-electron chi connectivity index (χ4n) is 3.08. The van der Waals surface area contributed by atoms with E-state index in [4.69, 9.17) is 14.2 Å². The molecule has 0 unspecified atom stereocenters. The molecule has 0 aliphatic carbocycles. The molecule has 10 nitrogen and oxygen atoms in total. The maximum atomic E-state index is 11.3. The third-order valence-corrected chi connectivity index (χ3v) is 4.54. The lowest BCUT2D eigenvalue weighted by atomic mass is 10.2. The van der Waals surface area contributed by atoms with Gasteiger partial charge in [0, 0.05) is 44.0 Å². The van der Waals surface area contributed by atoms with Crippen molar-refractivity contribution in [1.29, 1.82) is 0 Å². The summed E-state index contributed by atoms with van der Waals surface area (Å²) in [4.78, 5) is 17.5. The minimum Gasteiger partial charge on any atom is -0.454 e. The Kier molecular flexibility index (Phi) is 5.40. The first kappa shape index (κ1) is 18.3. The third-order valence-electron chi connectivity index (χ3n) is 4.54. The highest BCUT2D eigenvalue weighted by atomic mass is 16.7. The molecule has 10 heteroatoms. The van der Waals surface area contributed by atoms with E-state index in [1.165, 1.54) is 6.07 Å². The van der Waals surface area contributed by atoms with E-state index < -0.39 is 4.92 Å². The number of nitro groups is 1. The molecule has 0 bridgehead atoms. The molecule has 1 aromatic carbocycles. The van der Waals surface area contributed by atoms with Crippen molar-refractivity contribution < 1.29 is 19.1 Å². The zero-order valence-corrected chi connectivity index (χ0v) is 15.2. The summed E-state index contributed by atoms with van der Waals surface area (Å²) in [5, 5.41) is 17.6. The predicted molar refractivity (Wildman–Crippen MR) is 102 cm³/mol. The number of pyridine rings is 1. The molecule has 2 aliphatic heterocycles. The Morgan fingerprint density at radius 3 is 2.79 bits per heavy atom. The largest absolute Gasteiger partial charge is 0.454 e. The number of fused-ring (bicyclic) bond motifs is 1. The van der Waals surface area contributed by atoms with Crippen molar-refractivity contribution in [3.63, 3.8) is 0 Å². The van der Waals surface area contributed by atoms with E-state index in [0.717, 1.165) is 25.3 Å². The van der Waals surface area contributed by atoms with Gasteiger partial charge >= 0.3 is 5.69 Å². The number of morpholine rings is 1. The van der Waals surface area contributed by atoms with Crippen molar-refractivity contribution in [2.45, 2.75) is 0 Å². The maximum absolute atomic E-state index is 11.3. The van der Waals surface area contributed by atoms with Gasteiger partial charge in [-0.25, -0.2) is 4.98 Å². The van der Waals surface area contributed by atoms with E-state index in [2.05, 4.69) is 20.5 Å². The normalized spacial score (nSPS) is 16.0. The van der Waals surface area contributed by atoms with Crippen LogP contribution in [0.15, 0.2) is 30.3 Å². The predicted octanol–water partition coefficient (Wildman–Crippen LogP) is 2.21. The Balaban J connectivity index is 1.44. The first-order chi connectivity index (χ1) is 13.7. The monoisotopic (exact) mass is 387 g/mol. The molecular formula is C18H21N5O5. The summed E-state index contributed by atoms with van der Waals surface area (Å²) < 4.78 is 16.0. The van der Waals surface area contributed by atoms with E-state index in [0.29, 0.717) is 37.1 Å².